The summed E-state index contributed by atoms with van der Waals surface area (Å²) in [5.74, 6) is 0.204. The van der Waals surface area contributed by atoms with E-state index in [2.05, 4.69) is 20.2 Å². The Morgan fingerprint density at radius 1 is 1.35 bits per heavy atom. The van der Waals surface area contributed by atoms with E-state index in [-0.39, 0.29) is 17.2 Å². The van der Waals surface area contributed by atoms with E-state index >= 15 is 0 Å². The number of nitrogens with one attached hydrogen (secondary N) is 2. The number of hydrogen-bond acceptors (Lipinski definition) is 6. The van der Waals surface area contributed by atoms with Crippen molar-refractivity contribution in [2.45, 2.75) is 44.6 Å². The van der Waals surface area contributed by atoms with E-state index in [1.807, 2.05) is 19.9 Å². The lowest BCUT2D eigenvalue weighted by Gasteiger charge is -2.22. The molecule has 1 aromatic carbocycles. The largest absolute Gasteiger partial charge is 0.370 e. The highest BCUT2D eigenvalue weighted by Crippen LogP contribution is 2.32. The minimum atomic E-state index is -0.446. The number of H-pyrrole nitrogens is 1. The number of fused-ring (bicyclic) bond motifs is 1. The summed E-state index contributed by atoms with van der Waals surface area (Å²) in [4.78, 5) is 36.5. The van der Waals surface area contributed by atoms with E-state index in [1.165, 1.54) is 29.2 Å². The Bertz CT molecular complexity index is 1180. The summed E-state index contributed by atoms with van der Waals surface area (Å²) in [5.41, 5.74) is 1.77. The molecule has 1 aliphatic rings. The molecule has 1 saturated heterocycles. The van der Waals surface area contributed by atoms with E-state index in [0.717, 1.165) is 42.1 Å². The van der Waals surface area contributed by atoms with Gasteiger partial charge in [0.15, 0.2) is 0 Å². The number of aryl methyl sites for hydroxylation is 2. The summed E-state index contributed by atoms with van der Waals surface area (Å²) < 4.78 is 14.5. The van der Waals surface area contributed by atoms with Crippen molar-refractivity contribution < 1.29 is 9.18 Å². The standard InChI is InChI=1S/C22H25FN4O2S2/c1-12-13(2)31-22-18(12)21(29)24-17(25-22)11-30-14(3)20(28)26-19-15(23)7-6-8-16(19)27-9-4-5-10-27/h6-8,14H,4-5,9-11H2,1-3H3,(H,26,28)(H,24,25,29). The van der Waals surface area contributed by atoms with Crippen LogP contribution in [-0.2, 0) is 10.5 Å². The summed E-state index contributed by atoms with van der Waals surface area (Å²) in [6.07, 6.45) is 2.13. The molecule has 0 aliphatic carbocycles. The maximum absolute atomic E-state index is 14.5. The van der Waals surface area contributed by atoms with E-state index < -0.39 is 11.1 Å². The highest BCUT2D eigenvalue weighted by atomic mass is 32.2. The van der Waals surface area contributed by atoms with Gasteiger partial charge in [-0.15, -0.1) is 23.1 Å². The third-order valence-corrected chi connectivity index (χ3v) is 7.87. The number of halogens is 1. The van der Waals surface area contributed by atoms with Crippen LogP contribution in [0.2, 0.25) is 0 Å². The van der Waals surface area contributed by atoms with Crippen molar-refractivity contribution in [1.82, 2.24) is 9.97 Å². The number of para-hydroxylation sites is 1. The van der Waals surface area contributed by atoms with Gasteiger partial charge in [0.1, 0.15) is 22.2 Å². The summed E-state index contributed by atoms with van der Waals surface area (Å²) >= 11 is 2.85. The van der Waals surface area contributed by atoms with Crippen LogP contribution in [0, 0.1) is 19.7 Å². The third kappa shape index (κ3) is 4.48. The predicted octanol–water partition coefficient (Wildman–Crippen LogP) is 4.60. The van der Waals surface area contributed by atoms with Crippen LogP contribution in [0.25, 0.3) is 10.2 Å². The quantitative estimate of drug-likeness (QED) is 0.562. The zero-order chi connectivity index (χ0) is 22.1. The number of thioether (sulfide) groups is 1. The minimum Gasteiger partial charge on any atom is -0.370 e. The van der Waals surface area contributed by atoms with Crippen LogP contribution in [0.3, 0.4) is 0 Å². The fourth-order valence-corrected chi connectivity index (χ4v) is 5.53. The Kier molecular flexibility index (Phi) is 6.34. The molecule has 164 valence electrons. The number of thiophene rings is 1. The molecule has 4 rings (SSSR count). The number of aromatic amines is 1. The molecule has 1 aliphatic heterocycles. The van der Waals surface area contributed by atoms with Gasteiger partial charge in [0.25, 0.3) is 5.56 Å². The topological polar surface area (TPSA) is 78.1 Å². The van der Waals surface area contributed by atoms with Gasteiger partial charge < -0.3 is 15.2 Å². The van der Waals surface area contributed by atoms with Gasteiger partial charge in [0, 0.05) is 18.0 Å². The van der Waals surface area contributed by atoms with Crippen LogP contribution in [0.4, 0.5) is 15.8 Å². The van der Waals surface area contributed by atoms with Crippen molar-refractivity contribution in [3.8, 4) is 0 Å². The second-order valence-corrected chi connectivity index (χ2v) is 10.3. The number of carbonyl (C=O) groups is 1. The number of nitrogens with zero attached hydrogens (tertiary/aromatic N) is 2. The van der Waals surface area contributed by atoms with Crippen LogP contribution in [0.15, 0.2) is 23.0 Å². The highest BCUT2D eigenvalue weighted by molar-refractivity contribution is 7.99. The number of anilines is 2. The monoisotopic (exact) mass is 460 g/mol. The number of amides is 1. The SMILES string of the molecule is Cc1sc2nc(CSC(C)C(=O)Nc3c(F)cccc3N3CCCC3)[nH]c(=O)c2c1C. The molecule has 1 amide bonds. The molecule has 1 fully saturated rings. The number of benzene rings is 1. The Balaban J connectivity index is 1.45. The van der Waals surface area contributed by atoms with Gasteiger partial charge in [-0.3, -0.25) is 9.59 Å². The van der Waals surface area contributed by atoms with Crippen molar-refractivity contribution in [2.24, 2.45) is 0 Å². The van der Waals surface area contributed by atoms with Crippen molar-refractivity contribution in [3.63, 3.8) is 0 Å². The van der Waals surface area contributed by atoms with Gasteiger partial charge in [-0.05, 0) is 51.3 Å². The number of carbonyl (C=O) groups excluding carboxylic acids is 1. The molecule has 2 aromatic heterocycles. The predicted molar refractivity (Wildman–Crippen MR) is 127 cm³/mol. The summed E-state index contributed by atoms with van der Waals surface area (Å²) in [6.45, 7) is 7.39. The maximum Gasteiger partial charge on any atom is 0.259 e. The molecule has 1 unspecified atom stereocenters. The van der Waals surface area contributed by atoms with Crippen molar-refractivity contribution in [2.75, 3.05) is 23.3 Å². The first-order chi connectivity index (χ1) is 14.8. The molecule has 31 heavy (non-hydrogen) atoms. The number of rotatable bonds is 6. The fourth-order valence-electron chi connectivity index (χ4n) is 3.73. The first-order valence-corrected chi connectivity index (χ1v) is 12.2. The Labute approximate surface area is 188 Å². The number of aromatic nitrogens is 2. The lowest BCUT2D eigenvalue weighted by molar-refractivity contribution is -0.115. The lowest BCUT2D eigenvalue weighted by atomic mass is 10.2. The first kappa shape index (κ1) is 21.8. The normalized spacial score (nSPS) is 14.9. The van der Waals surface area contributed by atoms with Gasteiger partial charge >= 0.3 is 0 Å². The summed E-state index contributed by atoms with van der Waals surface area (Å²) in [7, 11) is 0. The summed E-state index contributed by atoms with van der Waals surface area (Å²) in [5, 5.41) is 2.97. The van der Waals surface area contributed by atoms with Gasteiger partial charge in [-0.2, -0.15) is 0 Å². The zero-order valence-electron chi connectivity index (χ0n) is 17.8. The van der Waals surface area contributed by atoms with E-state index in [1.54, 1.807) is 13.0 Å². The average Bonchev–Trinajstić information content (AvgIpc) is 3.36. The Morgan fingerprint density at radius 2 is 2.10 bits per heavy atom. The molecule has 0 saturated carbocycles. The summed E-state index contributed by atoms with van der Waals surface area (Å²) in [6, 6.07) is 4.88. The molecule has 3 heterocycles. The van der Waals surface area contributed by atoms with E-state index in [0.29, 0.717) is 21.8 Å². The second kappa shape index (κ2) is 9.00. The van der Waals surface area contributed by atoms with E-state index in [4.69, 9.17) is 0 Å². The lowest BCUT2D eigenvalue weighted by Crippen LogP contribution is -2.26. The van der Waals surface area contributed by atoms with Crippen LogP contribution in [0.1, 0.15) is 36.0 Å². The van der Waals surface area contributed by atoms with Gasteiger partial charge in [0.05, 0.1) is 22.1 Å². The molecule has 6 nitrogen and oxygen atoms in total. The fraction of sp³-hybridized carbons (Fsp3) is 0.409. The van der Waals surface area contributed by atoms with Gasteiger partial charge in [-0.1, -0.05) is 6.07 Å². The molecule has 0 spiro atoms. The minimum absolute atomic E-state index is 0.152. The van der Waals surface area contributed by atoms with Crippen molar-refractivity contribution >= 4 is 50.6 Å². The molecule has 9 heteroatoms. The van der Waals surface area contributed by atoms with Crippen LogP contribution < -0.4 is 15.8 Å². The smallest absolute Gasteiger partial charge is 0.259 e. The van der Waals surface area contributed by atoms with Gasteiger partial charge in [-0.25, -0.2) is 9.37 Å². The zero-order valence-corrected chi connectivity index (χ0v) is 19.4. The average molecular weight is 461 g/mol. The van der Waals surface area contributed by atoms with Gasteiger partial charge in [0.2, 0.25) is 5.91 Å². The maximum atomic E-state index is 14.5. The molecular formula is C22H25FN4O2S2. The van der Waals surface area contributed by atoms with Crippen LogP contribution in [0.5, 0.6) is 0 Å². The van der Waals surface area contributed by atoms with Crippen LogP contribution >= 0.6 is 23.1 Å². The molecule has 0 radical (unpaired) electrons. The van der Waals surface area contributed by atoms with E-state index in [9.17, 15) is 14.0 Å². The van der Waals surface area contributed by atoms with Crippen molar-refractivity contribution in [3.05, 3.63) is 50.6 Å². The molecular weight excluding hydrogens is 435 g/mol. The highest BCUT2D eigenvalue weighted by Gasteiger charge is 2.22. The Hall–Kier alpha value is -2.39. The Morgan fingerprint density at radius 3 is 2.84 bits per heavy atom. The number of hydrogen-bond donors (Lipinski definition) is 2. The molecule has 3 aromatic rings. The first-order valence-electron chi connectivity index (χ1n) is 10.3. The molecule has 1 atom stereocenters. The molecule has 2 N–H and O–H groups in total. The third-order valence-electron chi connectivity index (χ3n) is 5.61. The molecule has 0 bridgehead atoms. The second-order valence-electron chi connectivity index (χ2n) is 7.75. The van der Waals surface area contributed by atoms with Crippen molar-refractivity contribution in [1.29, 1.82) is 0 Å². The van der Waals surface area contributed by atoms with Crippen LogP contribution in [-0.4, -0.2) is 34.2 Å².